The first kappa shape index (κ1) is 13.7. The van der Waals surface area contributed by atoms with Crippen molar-refractivity contribution in [2.75, 3.05) is 11.9 Å². The Morgan fingerprint density at radius 2 is 2.25 bits per heavy atom. The molecule has 0 atom stereocenters. The number of nitrogens with one attached hydrogen (secondary N) is 1. The summed E-state index contributed by atoms with van der Waals surface area (Å²) in [7, 11) is 0. The molecule has 2 rings (SSSR count). The molecule has 0 saturated heterocycles. The molecule has 0 bridgehead atoms. The lowest BCUT2D eigenvalue weighted by Crippen LogP contribution is -2.13. The summed E-state index contributed by atoms with van der Waals surface area (Å²) in [6.45, 7) is 2.13. The van der Waals surface area contributed by atoms with Gasteiger partial charge in [0.05, 0.1) is 12.1 Å². The zero-order chi connectivity index (χ0) is 14.4. The number of amides is 1. The highest BCUT2D eigenvalue weighted by molar-refractivity contribution is 6.03. The van der Waals surface area contributed by atoms with E-state index < -0.39 is 0 Å². The van der Waals surface area contributed by atoms with Gasteiger partial charge in [-0.1, -0.05) is 17.9 Å². The summed E-state index contributed by atoms with van der Waals surface area (Å²) in [5.41, 5.74) is 7.23. The van der Waals surface area contributed by atoms with Crippen molar-refractivity contribution in [2.24, 2.45) is 5.73 Å². The van der Waals surface area contributed by atoms with Crippen LogP contribution in [0.15, 0.2) is 36.7 Å². The topological polar surface area (TPSA) is 80.9 Å². The molecular weight excluding hydrogens is 252 g/mol. The van der Waals surface area contributed by atoms with Crippen molar-refractivity contribution >= 4 is 11.7 Å². The molecule has 0 spiro atoms. The molecule has 2 aromatic rings. The lowest BCUT2D eigenvalue weighted by molar-refractivity contribution is 0.102. The average Bonchev–Trinajstić information content (AvgIpc) is 2.45. The SMILES string of the molecule is Cc1cccc(NC(=O)c2cncc(C#CCN)c2)n1. The molecule has 0 aliphatic rings. The summed E-state index contributed by atoms with van der Waals surface area (Å²) in [6, 6.07) is 7.09. The summed E-state index contributed by atoms with van der Waals surface area (Å²) in [6.07, 6.45) is 3.07. The summed E-state index contributed by atoms with van der Waals surface area (Å²) in [5, 5.41) is 2.72. The van der Waals surface area contributed by atoms with Gasteiger partial charge in [0, 0.05) is 23.7 Å². The van der Waals surface area contributed by atoms with Crippen molar-refractivity contribution in [1.29, 1.82) is 0 Å². The molecular formula is C15H14N4O. The zero-order valence-corrected chi connectivity index (χ0v) is 11.1. The van der Waals surface area contributed by atoms with E-state index in [0.29, 0.717) is 16.9 Å². The number of hydrogen-bond acceptors (Lipinski definition) is 4. The van der Waals surface area contributed by atoms with Crippen LogP contribution in [0.25, 0.3) is 0 Å². The van der Waals surface area contributed by atoms with E-state index in [-0.39, 0.29) is 12.5 Å². The molecule has 0 saturated carbocycles. The lowest BCUT2D eigenvalue weighted by Gasteiger charge is -2.05. The highest BCUT2D eigenvalue weighted by Crippen LogP contribution is 2.08. The third kappa shape index (κ3) is 3.64. The van der Waals surface area contributed by atoms with Crippen LogP contribution in [-0.4, -0.2) is 22.4 Å². The Hall–Kier alpha value is -2.71. The Morgan fingerprint density at radius 3 is 3.00 bits per heavy atom. The van der Waals surface area contributed by atoms with Crippen molar-refractivity contribution in [3.63, 3.8) is 0 Å². The summed E-state index contributed by atoms with van der Waals surface area (Å²) in [5.74, 6) is 5.80. The van der Waals surface area contributed by atoms with Crippen LogP contribution in [0.4, 0.5) is 5.82 Å². The van der Waals surface area contributed by atoms with E-state index in [1.54, 1.807) is 18.3 Å². The Kier molecular flexibility index (Phi) is 4.43. The quantitative estimate of drug-likeness (QED) is 0.804. The van der Waals surface area contributed by atoms with Gasteiger partial charge in [0.15, 0.2) is 0 Å². The van der Waals surface area contributed by atoms with Crippen molar-refractivity contribution in [1.82, 2.24) is 9.97 Å². The van der Waals surface area contributed by atoms with E-state index in [2.05, 4.69) is 27.1 Å². The van der Waals surface area contributed by atoms with E-state index in [0.717, 1.165) is 5.69 Å². The number of aryl methyl sites for hydroxylation is 1. The van der Waals surface area contributed by atoms with Crippen LogP contribution < -0.4 is 11.1 Å². The number of hydrogen-bond donors (Lipinski definition) is 2. The first-order valence-corrected chi connectivity index (χ1v) is 6.08. The van der Waals surface area contributed by atoms with Gasteiger partial charge < -0.3 is 11.1 Å². The highest BCUT2D eigenvalue weighted by Gasteiger charge is 2.07. The summed E-state index contributed by atoms with van der Waals surface area (Å²) >= 11 is 0. The number of carbonyl (C=O) groups excluding carboxylic acids is 1. The van der Waals surface area contributed by atoms with Gasteiger partial charge in [-0.3, -0.25) is 9.78 Å². The van der Waals surface area contributed by atoms with Gasteiger partial charge in [-0.05, 0) is 25.1 Å². The first-order chi connectivity index (χ1) is 9.69. The molecule has 0 radical (unpaired) electrons. The molecule has 3 N–H and O–H groups in total. The standard InChI is InChI=1S/C15H14N4O/c1-11-4-2-6-14(18-11)19-15(20)13-8-12(5-3-7-16)9-17-10-13/h2,4,6,8-10H,7,16H2,1H3,(H,18,19,20). The zero-order valence-electron chi connectivity index (χ0n) is 11.1. The van der Waals surface area contributed by atoms with E-state index in [1.165, 1.54) is 6.20 Å². The van der Waals surface area contributed by atoms with E-state index >= 15 is 0 Å². The van der Waals surface area contributed by atoms with Gasteiger partial charge >= 0.3 is 0 Å². The highest BCUT2D eigenvalue weighted by atomic mass is 16.1. The van der Waals surface area contributed by atoms with Crippen molar-refractivity contribution in [3.05, 3.63) is 53.5 Å². The molecule has 0 aliphatic heterocycles. The second-order valence-electron chi connectivity index (χ2n) is 4.09. The third-order valence-corrected chi connectivity index (χ3v) is 2.47. The normalized spacial score (nSPS) is 9.50. The fourth-order valence-corrected chi connectivity index (χ4v) is 1.59. The van der Waals surface area contributed by atoms with Crippen LogP contribution in [0.5, 0.6) is 0 Å². The van der Waals surface area contributed by atoms with Crippen LogP contribution in [0.3, 0.4) is 0 Å². The van der Waals surface area contributed by atoms with Gasteiger partial charge in [0.2, 0.25) is 0 Å². The second kappa shape index (κ2) is 6.45. The smallest absolute Gasteiger partial charge is 0.258 e. The Morgan fingerprint density at radius 1 is 1.40 bits per heavy atom. The van der Waals surface area contributed by atoms with Crippen molar-refractivity contribution < 1.29 is 4.79 Å². The number of carbonyl (C=O) groups is 1. The predicted octanol–water partition coefficient (Wildman–Crippen LogP) is 1.35. The minimum absolute atomic E-state index is 0.267. The summed E-state index contributed by atoms with van der Waals surface area (Å²) < 4.78 is 0. The number of anilines is 1. The number of nitrogens with zero attached hydrogens (tertiary/aromatic N) is 2. The summed E-state index contributed by atoms with van der Waals surface area (Å²) in [4.78, 5) is 20.3. The van der Waals surface area contributed by atoms with Crippen LogP contribution in [0, 0.1) is 18.8 Å². The van der Waals surface area contributed by atoms with Gasteiger partial charge in [0.25, 0.3) is 5.91 Å². The number of nitrogens with two attached hydrogens (primary N) is 1. The van der Waals surface area contributed by atoms with E-state index in [4.69, 9.17) is 5.73 Å². The molecule has 0 aromatic carbocycles. The van der Waals surface area contributed by atoms with Gasteiger partial charge in [-0.25, -0.2) is 4.98 Å². The molecule has 0 fully saturated rings. The maximum atomic E-state index is 12.1. The van der Waals surface area contributed by atoms with Crippen LogP contribution in [0.1, 0.15) is 21.6 Å². The minimum Gasteiger partial charge on any atom is -0.320 e. The Labute approximate surface area is 117 Å². The average molecular weight is 266 g/mol. The van der Waals surface area contributed by atoms with Crippen molar-refractivity contribution in [3.8, 4) is 11.8 Å². The largest absolute Gasteiger partial charge is 0.320 e. The minimum atomic E-state index is -0.271. The lowest BCUT2D eigenvalue weighted by atomic mass is 10.2. The van der Waals surface area contributed by atoms with Crippen LogP contribution in [0.2, 0.25) is 0 Å². The van der Waals surface area contributed by atoms with Gasteiger partial charge in [-0.2, -0.15) is 0 Å². The Balaban J connectivity index is 2.17. The van der Waals surface area contributed by atoms with Gasteiger partial charge in [0.1, 0.15) is 5.82 Å². The van der Waals surface area contributed by atoms with Crippen molar-refractivity contribution in [2.45, 2.75) is 6.92 Å². The molecule has 2 aromatic heterocycles. The number of aromatic nitrogens is 2. The maximum absolute atomic E-state index is 12.1. The molecule has 0 aliphatic carbocycles. The number of rotatable bonds is 2. The van der Waals surface area contributed by atoms with E-state index in [1.807, 2.05) is 19.1 Å². The molecule has 2 heterocycles. The maximum Gasteiger partial charge on any atom is 0.258 e. The van der Waals surface area contributed by atoms with Crippen LogP contribution in [-0.2, 0) is 0 Å². The number of pyridine rings is 2. The molecule has 5 nitrogen and oxygen atoms in total. The second-order valence-corrected chi connectivity index (χ2v) is 4.09. The van der Waals surface area contributed by atoms with E-state index in [9.17, 15) is 4.79 Å². The third-order valence-electron chi connectivity index (χ3n) is 2.47. The monoisotopic (exact) mass is 266 g/mol. The molecule has 20 heavy (non-hydrogen) atoms. The van der Waals surface area contributed by atoms with Gasteiger partial charge in [-0.15, -0.1) is 0 Å². The molecule has 100 valence electrons. The predicted molar refractivity (Wildman–Crippen MR) is 77.1 cm³/mol. The fourth-order valence-electron chi connectivity index (χ4n) is 1.59. The Bertz CT molecular complexity index is 686. The van der Waals surface area contributed by atoms with Crippen LogP contribution >= 0.6 is 0 Å². The molecule has 5 heteroatoms. The molecule has 1 amide bonds. The first-order valence-electron chi connectivity index (χ1n) is 6.08. The fraction of sp³-hybridized carbons (Fsp3) is 0.133. The molecule has 0 unspecified atom stereocenters.